The third-order valence-corrected chi connectivity index (χ3v) is 3.56. The van der Waals surface area contributed by atoms with Crippen molar-refractivity contribution in [3.8, 4) is 0 Å². The summed E-state index contributed by atoms with van der Waals surface area (Å²) in [6.45, 7) is 13.5. The molecule has 0 radical (unpaired) electrons. The third kappa shape index (κ3) is 9.28. The van der Waals surface area contributed by atoms with E-state index in [1.165, 1.54) is 0 Å². The maximum absolute atomic E-state index is 11.8. The minimum Gasteiger partial charge on any atom is -0.481 e. The molecule has 3 N–H and O–H groups in total. The second-order valence-electron chi connectivity index (χ2n) is 6.30. The Kier molecular flexibility index (Phi) is 9.01. The van der Waals surface area contributed by atoms with Crippen LogP contribution >= 0.6 is 0 Å². The number of carboxylic acid groups (broad SMARTS) is 1. The molecule has 124 valence electrons. The van der Waals surface area contributed by atoms with Gasteiger partial charge in [-0.1, -0.05) is 34.6 Å². The van der Waals surface area contributed by atoms with Crippen molar-refractivity contribution < 1.29 is 14.7 Å². The van der Waals surface area contributed by atoms with Gasteiger partial charge in [-0.3, -0.25) is 4.79 Å². The minimum atomic E-state index is -0.906. The van der Waals surface area contributed by atoms with Crippen molar-refractivity contribution in [2.45, 2.75) is 53.5 Å². The Morgan fingerprint density at radius 1 is 1.19 bits per heavy atom. The van der Waals surface area contributed by atoms with Crippen LogP contribution in [0.1, 0.15) is 47.5 Å². The second-order valence-corrected chi connectivity index (χ2v) is 6.30. The molecule has 1 unspecified atom stereocenters. The van der Waals surface area contributed by atoms with Crippen LogP contribution in [0.25, 0.3) is 0 Å². The van der Waals surface area contributed by atoms with Gasteiger partial charge in [-0.15, -0.1) is 0 Å². The summed E-state index contributed by atoms with van der Waals surface area (Å²) >= 11 is 0. The summed E-state index contributed by atoms with van der Waals surface area (Å²) in [7, 11) is 0. The highest BCUT2D eigenvalue weighted by molar-refractivity contribution is 5.75. The average Bonchev–Trinajstić information content (AvgIpc) is 2.36. The fraction of sp³-hybridized carbons (Fsp3) is 0.867. The Labute approximate surface area is 128 Å². The molecule has 0 aromatic rings. The van der Waals surface area contributed by atoms with E-state index < -0.39 is 12.0 Å². The van der Waals surface area contributed by atoms with E-state index in [1.54, 1.807) is 0 Å². The molecule has 0 heterocycles. The summed E-state index contributed by atoms with van der Waals surface area (Å²) in [4.78, 5) is 25.0. The van der Waals surface area contributed by atoms with Crippen LogP contribution in [-0.4, -0.2) is 54.2 Å². The molecule has 0 aromatic heterocycles. The quantitative estimate of drug-likeness (QED) is 0.568. The van der Waals surface area contributed by atoms with Crippen molar-refractivity contribution in [3.63, 3.8) is 0 Å². The minimum absolute atomic E-state index is 0.0730. The van der Waals surface area contributed by atoms with E-state index in [0.717, 1.165) is 26.1 Å². The van der Waals surface area contributed by atoms with Gasteiger partial charge in [0.15, 0.2) is 0 Å². The number of carboxylic acids is 1. The van der Waals surface area contributed by atoms with Crippen molar-refractivity contribution in [1.29, 1.82) is 0 Å². The van der Waals surface area contributed by atoms with Crippen LogP contribution in [0, 0.1) is 5.41 Å². The van der Waals surface area contributed by atoms with Gasteiger partial charge in [0.1, 0.15) is 0 Å². The van der Waals surface area contributed by atoms with Gasteiger partial charge in [-0.25, -0.2) is 4.79 Å². The van der Waals surface area contributed by atoms with Gasteiger partial charge in [0.2, 0.25) is 0 Å². The molecule has 2 amide bonds. The van der Waals surface area contributed by atoms with Crippen molar-refractivity contribution in [2.75, 3.05) is 26.2 Å². The van der Waals surface area contributed by atoms with Crippen LogP contribution < -0.4 is 10.6 Å². The predicted octanol–water partition coefficient (Wildman–Crippen LogP) is 1.91. The van der Waals surface area contributed by atoms with Crippen LogP contribution in [0.3, 0.4) is 0 Å². The highest BCUT2D eigenvalue weighted by Crippen LogP contribution is 2.21. The number of hydrogen-bond donors (Lipinski definition) is 3. The molecule has 0 bridgehead atoms. The van der Waals surface area contributed by atoms with Gasteiger partial charge in [-0.2, -0.15) is 0 Å². The van der Waals surface area contributed by atoms with Crippen molar-refractivity contribution in [3.05, 3.63) is 0 Å². The lowest BCUT2D eigenvalue weighted by molar-refractivity contribution is -0.138. The first-order valence-electron chi connectivity index (χ1n) is 7.69. The predicted molar refractivity (Wildman–Crippen MR) is 84.4 cm³/mol. The Morgan fingerprint density at radius 2 is 1.76 bits per heavy atom. The largest absolute Gasteiger partial charge is 0.481 e. The molecule has 0 rings (SSSR count). The molecule has 6 heteroatoms. The topological polar surface area (TPSA) is 81.7 Å². The van der Waals surface area contributed by atoms with E-state index in [0.29, 0.717) is 6.54 Å². The van der Waals surface area contributed by atoms with Gasteiger partial charge in [0.25, 0.3) is 0 Å². The fourth-order valence-electron chi connectivity index (χ4n) is 2.00. The van der Waals surface area contributed by atoms with Crippen LogP contribution in [0.5, 0.6) is 0 Å². The average molecular weight is 301 g/mol. The SMILES string of the molecule is CCN(CC)CCCNC(=O)NC(CC(=O)O)C(C)(C)C. The molecule has 0 aliphatic heterocycles. The smallest absolute Gasteiger partial charge is 0.315 e. The number of carbonyl (C=O) groups excluding carboxylic acids is 1. The fourth-order valence-corrected chi connectivity index (χ4v) is 2.00. The summed E-state index contributed by atoms with van der Waals surface area (Å²) in [6.07, 6.45) is 0.810. The molecule has 0 fully saturated rings. The number of urea groups is 1. The van der Waals surface area contributed by atoms with Crippen LogP contribution in [0.4, 0.5) is 4.79 Å². The molecular formula is C15H31N3O3. The lowest BCUT2D eigenvalue weighted by Gasteiger charge is -2.30. The number of rotatable bonds is 9. The Hall–Kier alpha value is -1.30. The van der Waals surface area contributed by atoms with E-state index in [2.05, 4.69) is 29.4 Å². The third-order valence-electron chi connectivity index (χ3n) is 3.56. The highest BCUT2D eigenvalue weighted by Gasteiger charge is 2.28. The Morgan fingerprint density at radius 3 is 2.19 bits per heavy atom. The molecule has 1 atom stereocenters. The molecule has 0 saturated carbocycles. The summed E-state index contributed by atoms with van der Waals surface area (Å²) < 4.78 is 0. The van der Waals surface area contributed by atoms with Gasteiger partial charge < -0.3 is 20.6 Å². The first-order chi connectivity index (χ1) is 9.70. The van der Waals surface area contributed by atoms with Crippen molar-refractivity contribution in [2.24, 2.45) is 5.41 Å². The van der Waals surface area contributed by atoms with Gasteiger partial charge in [0.05, 0.1) is 6.42 Å². The normalized spacial score (nSPS) is 13.0. The number of nitrogens with zero attached hydrogens (tertiary/aromatic N) is 1. The van der Waals surface area contributed by atoms with Crippen LogP contribution in [-0.2, 0) is 4.79 Å². The van der Waals surface area contributed by atoms with Crippen LogP contribution in [0.2, 0.25) is 0 Å². The monoisotopic (exact) mass is 301 g/mol. The van der Waals surface area contributed by atoms with Gasteiger partial charge in [0, 0.05) is 12.6 Å². The molecule has 0 aliphatic carbocycles. The molecule has 0 aromatic carbocycles. The molecule has 0 aliphatic rings. The summed E-state index contributed by atoms with van der Waals surface area (Å²) in [5, 5.41) is 14.5. The van der Waals surface area contributed by atoms with E-state index in [1.807, 2.05) is 20.8 Å². The maximum atomic E-state index is 11.8. The van der Waals surface area contributed by atoms with E-state index >= 15 is 0 Å². The number of carbonyl (C=O) groups is 2. The maximum Gasteiger partial charge on any atom is 0.315 e. The summed E-state index contributed by atoms with van der Waals surface area (Å²) in [5.41, 5.74) is -0.295. The van der Waals surface area contributed by atoms with E-state index in [9.17, 15) is 9.59 Å². The molecule has 0 spiro atoms. The first-order valence-corrected chi connectivity index (χ1v) is 7.69. The van der Waals surface area contributed by atoms with Crippen LogP contribution in [0.15, 0.2) is 0 Å². The second kappa shape index (κ2) is 9.60. The van der Waals surface area contributed by atoms with Gasteiger partial charge >= 0.3 is 12.0 Å². The zero-order valence-electron chi connectivity index (χ0n) is 14.0. The number of nitrogens with one attached hydrogen (secondary N) is 2. The molecule has 0 saturated heterocycles. The lowest BCUT2D eigenvalue weighted by atomic mass is 9.85. The number of hydrogen-bond acceptors (Lipinski definition) is 3. The molecule has 6 nitrogen and oxygen atoms in total. The highest BCUT2D eigenvalue weighted by atomic mass is 16.4. The standard InChI is InChI=1S/C15H31N3O3/c1-6-18(7-2)10-8-9-16-14(21)17-12(11-13(19)20)15(3,4)5/h12H,6-11H2,1-5H3,(H,19,20)(H2,16,17,21). The lowest BCUT2D eigenvalue weighted by Crippen LogP contribution is -2.49. The number of aliphatic carboxylic acids is 1. The summed E-state index contributed by atoms with van der Waals surface area (Å²) in [6, 6.07) is -0.687. The Balaban J connectivity index is 4.12. The van der Waals surface area contributed by atoms with Crippen molar-refractivity contribution in [1.82, 2.24) is 15.5 Å². The first kappa shape index (κ1) is 19.7. The summed E-state index contributed by atoms with van der Waals surface area (Å²) in [5.74, 6) is -0.906. The zero-order chi connectivity index (χ0) is 16.5. The molecular weight excluding hydrogens is 270 g/mol. The van der Waals surface area contributed by atoms with E-state index in [4.69, 9.17) is 5.11 Å². The van der Waals surface area contributed by atoms with Crippen molar-refractivity contribution >= 4 is 12.0 Å². The Bertz CT molecular complexity index is 323. The van der Waals surface area contributed by atoms with E-state index in [-0.39, 0.29) is 17.9 Å². The number of amides is 2. The molecule has 21 heavy (non-hydrogen) atoms. The zero-order valence-corrected chi connectivity index (χ0v) is 14.0. The van der Waals surface area contributed by atoms with Gasteiger partial charge in [-0.05, 0) is 31.5 Å².